The summed E-state index contributed by atoms with van der Waals surface area (Å²) in [6.45, 7) is 1.21. The van der Waals surface area contributed by atoms with Gasteiger partial charge in [-0.1, -0.05) is 0 Å². The van der Waals surface area contributed by atoms with Crippen molar-refractivity contribution in [3.05, 3.63) is 30.4 Å². The number of carbonyl (C=O) groups is 1. The van der Waals surface area contributed by atoms with Crippen LogP contribution in [0.1, 0.15) is 12.2 Å². The van der Waals surface area contributed by atoms with Crippen molar-refractivity contribution in [3.63, 3.8) is 0 Å². The standard InChI is InChI=1S/C14H18N8O/c1-16-11-7-12-18-10-3-6-22(21-10)5-2-4-17-14(23)9(8-15)13(19-11)20-12/h3,6-8H,2,4-5,15H2,1H3,(H,17,23)(H2,16,18,19,20,21)/b9-8+. The Morgan fingerprint density at radius 3 is 3.04 bits per heavy atom. The van der Waals surface area contributed by atoms with Crippen molar-refractivity contribution in [3.8, 4) is 0 Å². The summed E-state index contributed by atoms with van der Waals surface area (Å²) < 4.78 is 1.81. The maximum absolute atomic E-state index is 12.3. The second-order valence-electron chi connectivity index (χ2n) is 4.99. The molecule has 4 bridgehead atoms. The molecule has 120 valence electrons. The minimum atomic E-state index is -0.300. The Balaban J connectivity index is 2.06. The summed E-state index contributed by atoms with van der Waals surface area (Å²) in [7, 11) is 1.74. The Morgan fingerprint density at radius 2 is 2.26 bits per heavy atom. The number of aryl methyl sites for hydroxylation is 1. The second kappa shape index (κ2) is 6.34. The summed E-state index contributed by atoms with van der Waals surface area (Å²) in [5, 5.41) is 13.3. The highest BCUT2D eigenvalue weighted by Gasteiger charge is 2.17. The molecule has 0 spiro atoms. The fourth-order valence-electron chi connectivity index (χ4n) is 2.23. The first-order valence-corrected chi connectivity index (χ1v) is 7.27. The quantitative estimate of drug-likeness (QED) is 0.557. The lowest BCUT2D eigenvalue weighted by molar-refractivity contribution is -0.115. The van der Waals surface area contributed by atoms with E-state index in [0.717, 1.165) is 6.42 Å². The highest BCUT2D eigenvalue weighted by atomic mass is 16.1. The van der Waals surface area contributed by atoms with Crippen molar-refractivity contribution >= 4 is 28.9 Å². The van der Waals surface area contributed by atoms with E-state index in [1.165, 1.54) is 6.20 Å². The molecule has 23 heavy (non-hydrogen) atoms. The molecule has 2 aromatic rings. The molecule has 0 fully saturated rings. The zero-order valence-electron chi connectivity index (χ0n) is 12.7. The van der Waals surface area contributed by atoms with Gasteiger partial charge in [-0.3, -0.25) is 9.48 Å². The van der Waals surface area contributed by atoms with Crippen LogP contribution in [0.25, 0.3) is 5.57 Å². The third-order valence-electron chi connectivity index (χ3n) is 3.38. The highest BCUT2D eigenvalue weighted by molar-refractivity contribution is 6.18. The van der Waals surface area contributed by atoms with Crippen molar-refractivity contribution < 1.29 is 4.79 Å². The third-order valence-corrected chi connectivity index (χ3v) is 3.38. The van der Waals surface area contributed by atoms with Gasteiger partial charge in [0.1, 0.15) is 11.6 Å². The molecule has 2 aromatic heterocycles. The van der Waals surface area contributed by atoms with Crippen LogP contribution in [0, 0.1) is 0 Å². The van der Waals surface area contributed by atoms with E-state index in [4.69, 9.17) is 5.73 Å². The summed E-state index contributed by atoms with van der Waals surface area (Å²) in [5.41, 5.74) is 5.84. The van der Waals surface area contributed by atoms with Crippen LogP contribution < -0.4 is 21.7 Å². The number of carbonyl (C=O) groups excluding carboxylic acids is 1. The number of anilines is 3. The summed E-state index contributed by atoms with van der Waals surface area (Å²) in [6.07, 6.45) is 3.85. The molecular formula is C14H18N8O. The van der Waals surface area contributed by atoms with Gasteiger partial charge in [0.15, 0.2) is 11.6 Å². The second-order valence-corrected chi connectivity index (χ2v) is 4.99. The Morgan fingerprint density at radius 1 is 1.39 bits per heavy atom. The minimum Gasteiger partial charge on any atom is -0.404 e. The number of hydrogen-bond donors (Lipinski definition) is 4. The number of hydrogen-bond acceptors (Lipinski definition) is 7. The van der Waals surface area contributed by atoms with Gasteiger partial charge in [-0.25, -0.2) is 9.97 Å². The molecule has 9 nitrogen and oxygen atoms in total. The fraction of sp³-hybridized carbons (Fsp3) is 0.286. The van der Waals surface area contributed by atoms with Crippen LogP contribution in [-0.4, -0.2) is 39.2 Å². The molecule has 0 radical (unpaired) electrons. The third kappa shape index (κ3) is 3.23. The molecule has 0 aliphatic carbocycles. The molecule has 9 heteroatoms. The SMILES string of the molecule is CNc1cc2nc(n1)/C(=C\N)C(=O)NCCCn1ccc(n1)N2. The van der Waals surface area contributed by atoms with E-state index in [9.17, 15) is 4.79 Å². The lowest BCUT2D eigenvalue weighted by Crippen LogP contribution is -2.27. The molecule has 1 aliphatic rings. The van der Waals surface area contributed by atoms with Crippen LogP contribution in [0.5, 0.6) is 0 Å². The van der Waals surface area contributed by atoms with Crippen LogP contribution >= 0.6 is 0 Å². The molecule has 3 heterocycles. The van der Waals surface area contributed by atoms with Gasteiger partial charge in [0.05, 0.1) is 5.57 Å². The lowest BCUT2D eigenvalue weighted by atomic mass is 10.2. The Hall–Kier alpha value is -3.10. The van der Waals surface area contributed by atoms with Crippen molar-refractivity contribution in [1.29, 1.82) is 0 Å². The first-order valence-electron chi connectivity index (χ1n) is 7.27. The number of rotatable bonds is 1. The van der Waals surface area contributed by atoms with Gasteiger partial charge in [-0.2, -0.15) is 5.10 Å². The predicted octanol–water partition coefficient (Wildman–Crippen LogP) is 0.278. The maximum atomic E-state index is 12.3. The normalized spacial score (nSPS) is 16.6. The first kappa shape index (κ1) is 14.8. The molecule has 1 amide bonds. The zero-order valence-corrected chi connectivity index (χ0v) is 12.7. The number of fused-ring (bicyclic) bond motifs is 4. The van der Waals surface area contributed by atoms with Crippen LogP contribution in [-0.2, 0) is 11.3 Å². The zero-order chi connectivity index (χ0) is 16.2. The van der Waals surface area contributed by atoms with Crippen molar-refractivity contribution in [1.82, 2.24) is 25.1 Å². The van der Waals surface area contributed by atoms with E-state index in [-0.39, 0.29) is 17.3 Å². The van der Waals surface area contributed by atoms with Crippen LogP contribution in [0.4, 0.5) is 17.5 Å². The van der Waals surface area contributed by atoms with Gasteiger partial charge in [0.2, 0.25) is 0 Å². The van der Waals surface area contributed by atoms with Crippen LogP contribution in [0.2, 0.25) is 0 Å². The molecule has 3 rings (SSSR count). The number of nitrogens with one attached hydrogen (secondary N) is 3. The van der Waals surface area contributed by atoms with Gasteiger partial charge in [0, 0.05) is 44.7 Å². The van der Waals surface area contributed by atoms with Gasteiger partial charge < -0.3 is 21.7 Å². The van der Waals surface area contributed by atoms with Crippen molar-refractivity contribution in [2.24, 2.45) is 5.73 Å². The number of nitrogens with two attached hydrogens (primary N) is 1. The van der Waals surface area contributed by atoms with Crippen LogP contribution in [0.3, 0.4) is 0 Å². The van der Waals surface area contributed by atoms with Gasteiger partial charge >= 0.3 is 0 Å². The molecule has 0 unspecified atom stereocenters. The van der Waals surface area contributed by atoms with Gasteiger partial charge in [0.25, 0.3) is 5.91 Å². The Labute approximate surface area is 133 Å². The first-order chi connectivity index (χ1) is 11.2. The minimum absolute atomic E-state index is 0.229. The smallest absolute Gasteiger partial charge is 0.256 e. The molecule has 0 aromatic carbocycles. The lowest BCUT2D eigenvalue weighted by Gasteiger charge is -2.10. The van der Waals surface area contributed by atoms with Crippen molar-refractivity contribution in [2.45, 2.75) is 13.0 Å². The summed E-state index contributed by atoms with van der Waals surface area (Å²) in [5.74, 6) is 1.72. The number of amides is 1. The fourth-order valence-corrected chi connectivity index (χ4v) is 2.23. The van der Waals surface area contributed by atoms with E-state index in [1.54, 1.807) is 13.1 Å². The van der Waals surface area contributed by atoms with E-state index >= 15 is 0 Å². The summed E-state index contributed by atoms with van der Waals surface area (Å²) in [4.78, 5) is 20.9. The molecule has 0 atom stereocenters. The van der Waals surface area contributed by atoms with Gasteiger partial charge in [-0.05, 0) is 6.42 Å². The molecule has 0 saturated carbocycles. The average molecular weight is 314 g/mol. The Bertz CT molecular complexity index is 751. The summed E-state index contributed by atoms with van der Waals surface area (Å²) in [6, 6.07) is 3.60. The predicted molar refractivity (Wildman–Crippen MR) is 86.9 cm³/mol. The summed E-state index contributed by atoms with van der Waals surface area (Å²) >= 11 is 0. The molecule has 5 N–H and O–H groups in total. The van der Waals surface area contributed by atoms with Gasteiger partial charge in [-0.15, -0.1) is 0 Å². The van der Waals surface area contributed by atoms with E-state index in [1.807, 2.05) is 16.9 Å². The average Bonchev–Trinajstić information content (AvgIpc) is 2.99. The van der Waals surface area contributed by atoms with E-state index in [0.29, 0.717) is 30.5 Å². The highest BCUT2D eigenvalue weighted by Crippen LogP contribution is 2.19. The van der Waals surface area contributed by atoms with Crippen molar-refractivity contribution in [2.75, 3.05) is 24.2 Å². The molecule has 1 aliphatic heterocycles. The van der Waals surface area contributed by atoms with E-state index < -0.39 is 0 Å². The number of aromatic nitrogens is 4. The van der Waals surface area contributed by atoms with Crippen LogP contribution in [0.15, 0.2) is 24.5 Å². The molecular weight excluding hydrogens is 296 g/mol. The van der Waals surface area contributed by atoms with E-state index in [2.05, 4.69) is 31.0 Å². The monoisotopic (exact) mass is 314 g/mol. The maximum Gasteiger partial charge on any atom is 0.256 e. The topological polar surface area (TPSA) is 123 Å². The molecule has 0 saturated heterocycles. The Kier molecular flexibility index (Phi) is 4.09. The largest absolute Gasteiger partial charge is 0.404 e. The number of nitrogens with zero attached hydrogens (tertiary/aromatic N) is 4.